The number of carbonyl (C=O) groups is 1. The van der Waals surface area contributed by atoms with Crippen LogP contribution >= 0.6 is 11.6 Å². The van der Waals surface area contributed by atoms with Crippen molar-refractivity contribution in [2.24, 2.45) is 0 Å². The van der Waals surface area contributed by atoms with Crippen molar-refractivity contribution in [3.63, 3.8) is 0 Å². The highest BCUT2D eigenvalue weighted by Gasteiger charge is 2.24. The monoisotopic (exact) mass is 312 g/mol. The predicted molar refractivity (Wildman–Crippen MR) is 88.1 cm³/mol. The maximum absolute atomic E-state index is 12.7. The standard InChI is InChI=1S/C16H25ClN2O2/c1-5-9-18-14-8-7-12(17)10-13(14)15(20)19(6-2)11-16(3,4)21/h7-8,10,18,21H,5-6,9,11H2,1-4H3. The van der Waals surface area contributed by atoms with Gasteiger partial charge in [0.25, 0.3) is 5.91 Å². The van der Waals surface area contributed by atoms with Crippen LogP contribution in [0.1, 0.15) is 44.5 Å². The molecule has 4 nitrogen and oxygen atoms in total. The maximum Gasteiger partial charge on any atom is 0.256 e. The zero-order valence-corrected chi connectivity index (χ0v) is 14.0. The van der Waals surface area contributed by atoms with Gasteiger partial charge in [0, 0.05) is 30.3 Å². The third kappa shape index (κ3) is 5.56. The van der Waals surface area contributed by atoms with Gasteiger partial charge in [0.15, 0.2) is 0 Å². The van der Waals surface area contributed by atoms with Gasteiger partial charge < -0.3 is 15.3 Å². The van der Waals surface area contributed by atoms with Crippen LogP contribution in [-0.2, 0) is 0 Å². The molecule has 1 aromatic rings. The first kappa shape index (κ1) is 17.8. The molecule has 0 fully saturated rings. The lowest BCUT2D eigenvalue weighted by Gasteiger charge is -2.29. The van der Waals surface area contributed by atoms with Crippen molar-refractivity contribution >= 4 is 23.2 Å². The first-order valence-electron chi connectivity index (χ1n) is 7.33. The number of nitrogens with zero attached hydrogens (tertiary/aromatic N) is 1. The van der Waals surface area contributed by atoms with Crippen LogP contribution in [-0.4, -0.2) is 41.1 Å². The highest BCUT2D eigenvalue weighted by atomic mass is 35.5. The summed E-state index contributed by atoms with van der Waals surface area (Å²) in [7, 11) is 0. The molecule has 0 spiro atoms. The minimum Gasteiger partial charge on any atom is -0.389 e. The first-order chi connectivity index (χ1) is 9.78. The molecule has 1 rings (SSSR count). The van der Waals surface area contributed by atoms with Gasteiger partial charge in [-0.2, -0.15) is 0 Å². The second-order valence-electron chi connectivity index (χ2n) is 5.75. The largest absolute Gasteiger partial charge is 0.389 e. The Morgan fingerprint density at radius 1 is 1.38 bits per heavy atom. The summed E-state index contributed by atoms with van der Waals surface area (Å²) >= 11 is 6.03. The molecular weight excluding hydrogens is 288 g/mol. The molecular formula is C16H25ClN2O2. The quantitative estimate of drug-likeness (QED) is 0.811. The topological polar surface area (TPSA) is 52.6 Å². The van der Waals surface area contributed by atoms with E-state index in [1.807, 2.05) is 13.0 Å². The second-order valence-corrected chi connectivity index (χ2v) is 6.18. The number of likely N-dealkylation sites (N-methyl/N-ethyl adjacent to an activating group) is 1. The SMILES string of the molecule is CCCNc1ccc(Cl)cc1C(=O)N(CC)CC(C)(C)O. The van der Waals surface area contributed by atoms with Crippen molar-refractivity contribution in [1.82, 2.24) is 4.90 Å². The summed E-state index contributed by atoms with van der Waals surface area (Å²) in [4.78, 5) is 14.3. The van der Waals surface area contributed by atoms with Crippen molar-refractivity contribution in [2.75, 3.05) is 25.0 Å². The molecule has 118 valence electrons. The van der Waals surface area contributed by atoms with Crippen LogP contribution in [0.3, 0.4) is 0 Å². The second kappa shape index (κ2) is 7.66. The van der Waals surface area contributed by atoms with Gasteiger partial charge in [-0.1, -0.05) is 18.5 Å². The Kier molecular flexibility index (Phi) is 6.49. The van der Waals surface area contributed by atoms with E-state index < -0.39 is 5.60 Å². The minimum absolute atomic E-state index is 0.124. The highest BCUT2D eigenvalue weighted by Crippen LogP contribution is 2.23. The van der Waals surface area contributed by atoms with Crippen LogP contribution in [0.2, 0.25) is 5.02 Å². The van der Waals surface area contributed by atoms with E-state index >= 15 is 0 Å². The lowest BCUT2D eigenvalue weighted by Crippen LogP contribution is -2.42. The average Bonchev–Trinajstić information content (AvgIpc) is 2.41. The molecule has 0 atom stereocenters. The Hall–Kier alpha value is -1.26. The van der Waals surface area contributed by atoms with Crippen LogP contribution in [0.5, 0.6) is 0 Å². The summed E-state index contributed by atoms with van der Waals surface area (Å²) < 4.78 is 0. The fraction of sp³-hybridized carbons (Fsp3) is 0.562. The normalized spacial score (nSPS) is 11.3. The van der Waals surface area contributed by atoms with E-state index in [0.29, 0.717) is 17.1 Å². The van der Waals surface area contributed by atoms with Gasteiger partial charge in [0.1, 0.15) is 0 Å². The van der Waals surface area contributed by atoms with Gasteiger partial charge in [0.05, 0.1) is 11.2 Å². The summed E-state index contributed by atoms with van der Waals surface area (Å²) in [6.45, 7) is 8.95. The van der Waals surface area contributed by atoms with Crippen LogP contribution in [0.15, 0.2) is 18.2 Å². The third-order valence-corrected chi connectivity index (χ3v) is 3.26. The van der Waals surface area contributed by atoms with E-state index in [-0.39, 0.29) is 12.5 Å². The fourth-order valence-electron chi connectivity index (χ4n) is 2.07. The molecule has 0 unspecified atom stereocenters. The number of rotatable bonds is 7. The third-order valence-electron chi connectivity index (χ3n) is 3.02. The van der Waals surface area contributed by atoms with Gasteiger partial charge >= 0.3 is 0 Å². The average molecular weight is 313 g/mol. The van der Waals surface area contributed by atoms with E-state index in [1.165, 1.54) is 0 Å². The van der Waals surface area contributed by atoms with Gasteiger partial charge in [-0.25, -0.2) is 0 Å². The molecule has 0 heterocycles. The fourth-order valence-corrected chi connectivity index (χ4v) is 2.24. The smallest absolute Gasteiger partial charge is 0.256 e. The molecule has 0 aliphatic carbocycles. The van der Waals surface area contributed by atoms with E-state index in [1.54, 1.807) is 30.9 Å². The lowest BCUT2D eigenvalue weighted by molar-refractivity contribution is 0.0315. The van der Waals surface area contributed by atoms with E-state index in [4.69, 9.17) is 11.6 Å². The maximum atomic E-state index is 12.7. The van der Waals surface area contributed by atoms with Gasteiger partial charge in [-0.05, 0) is 45.4 Å². The van der Waals surface area contributed by atoms with E-state index in [9.17, 15) is 9.90 Å². The highest BCUT2D eigenvalue weighted by molar-refractivity contribution is 6.31. The molecule has 0 radical (unpaired) electrons. The zero-order valence-electron chi connectivity index (χ0n) is 13.2. The van der Waals surface area contributed by atoms with Crippen molar-refractivity contribution < 1.29 is 9.90 Å². The molecule has 0 saturated heterocycles. The van der Waals surface area contributed by atoms with Crippen molar-refractivity contribution in [1.29, 1.82) is 0 Å². The Labute approximate surface area is 132 Å². The van der Waals surface area contributed by atoms with Crippen LogP contribution < -0.4 is 5.32 Å². The Bertz CT molecular complexity index is 484. The Balaban J connectivity index is 3.05. The molecule has 0 saturated carbocycles. The molecule has 2 N–H and O–H groups in total. The zero-order chi connectivity index (χ0) is 16.0. The van der Waals surface area contributed by atoms with Crippen LogP contribution in [0.25, 0.3) is 0 Å². The summed E-state index contributed by atoms with van der Waals surface area (Å²) in [6, 6.07) is 5.26. The Morgan fingerprint density at radius 2 is 2.05 bits per heavy atom. The summed E-state index contributed by atoms with van der Waals surface area (Å²) in [5, 5.41) is 13.7. The number of benzene rings is 1. The lowest BCUT2D eigenvalue weighted by atomic mass is 10.1. The molecule has 21 heavy (non-hydrogen) atoms. The Morgan fingerprint density at radius 3 is 2.57 bits per heavy atom. The predicted octanol–water partition coefficient (Wildman–Crippen LogP) is 3.39. The van der Waals surface area contributed by atoms with Crippen molar-refractivity contribution in [2.45, 2.75) is 39.7 Å². The molecule has 0 bridgehead atoms. The molecule has 0 aliphatic rings. The molecule has 5 heteroatoms. The number of amides is 1. The minimum atomic E-state index is -0.929. The van der Waals surface area contributed by atoms with Crippen LogP contribution in [0, 0.1) is 0 Å². The van der Waals surface area contributed by atoms with Crippen molar-refractivity contribution in [3.05, 3.63) is 28.8 Å². The number of hydrogen-bond acceptors (Lipinski definition) is 3. The number of nitrogens with one attached hydrogen (secondary N) is 1. The molecule has 1 amide bonds. The van der Waals surface area contributed by atoms with Gasteiger partial charge in [-0.15, -0.1) is 0 Å². The number of aliphatic hydroxyl groups is 1. The molecule has 0 aliphatic heterocycles. The molecule has 1 aromatic carbocycles. The number of anilines is 1. The first-order valence-corrected chi connectivity index (χ1v) is 7.71. The van der Waals surface area contributed by atoms with E-state index in [2.05, 4.69) is 12.2 Å². The van der Waals surface area contributed by atoms with Gasteiger partial charge in [0.2, 0.25) is 0 Å². The number of carbonyl (C=O) groups excluding carboxylic acids is 1. The van der Waals surface area contributed by atoms with Crippen molar-refractivity contribution in [3.8, 4) is 0 Å². The number of halogens is 1. The summed E-state index contributed by atoms with van der Waals surface area (Å²) in [5.74, 6) is -0.124. The van der Waals surface area contributed by atoms with Gasteiger partial charge in [-0.3, -0.25) is 4.79 Å². The summed E-state index contributed by atoms with van der Waals surface area (Å²) in [6.07, 6.45) is 0.970. The molecule has 0 aromatic heterocycles. The van der Waals surface area contributed by atoms with Crippen LogP contribution in [0.4, 0.5) is 5.69 Å². The number of hydrogen-bond donors (Lipinski definition) is 2. The summed E-state index contributed by atoms with van der Waals surface area (Å²) in [5.41, 5.74) is 0.392. The van der Waals surface area contributed by atoms with E-state index in [0.717, 1.165) is 18.7 Å².